The summed E-state index contributed by atoms with van der Waals surface area (Å²) in [5.41, 5.74) is 4.96. The third-order valence-electron chi connectivity index (χ3n) is 5.09. The average molecular weight is 388 g/mol. The fraction of sp³-hybridized carbons (Fsp3) is 0.167. The lowest BCUT2D eigenvalue weighted by atomic mass is 10.1. The third kappa shape index (κ3) is 4.51. The lowest BCUT2D eigenvalue weighted by Gasteiger charge is -2.10. The van der Waals surface area contributed by atoms with Gasteiger partial charge in [-0.3, -0.25) is 9.59 Å². The fourth-order valence-corrected chi connectivity index (χ4v) is 3.59. The molecule has 0 spiro atoms. The van der Waals surface area contributed by atoms with Crippen LogP contribution in [-0.4, -0.2) is 11.8 Å². The Hall–Kier alpha value is -3.47. The number of rotatable bonds is 5. The second kappa shape index (κ2) is 8.27. The van der Waals surface area contributed by atoms with E-state index in [2.05, 4.69) is 10.6 Å². The van der Waals surface area contributed by atoms with Crippen LogP contribution in [0.15, 0.2) is 66.7 Å². The van der Waals surface area contributed by atoms with Crippen molar-refractivity contribution in [1.82, 2.24) is 5.32 Å². The first-order chi connectivity index (χ1) is 14.1. The molecule has 1 aliphatic rings. The molecule has 1 aliphatic carbocycles. The molecule has 0 saturated carbocycles. The summed E-state index contributed by atoms with van der Waals surface area (Å²) < 4.78 is 13.3. The molecule has 3 aromatic carbocycles. The minimum atomic E-state index is -0.458. The molecule has 0 atom stereocenters. The molecule has 4 nitrogen and oxygen atoms in total. The Kier molecular flexibility index (Phi) is 5.38. The lowest BCUT2D eigenvalue weighted by molar-refractivity contribution is 0.0949. The predicted octanol–water partition coefficient (Wildman–Crippen LogP) is 4.50. The molecule has 0 aromatic heterocycles. The predicted molar refractivity (Wildman–Crippen MR) is 110 cm³/mol. The van der Waals surface area contributed by atoms with E-state index in [4.69, 9.17) is 0 Å². The van der Waals surface area contributed by atoms with Crippen molar-refractivity contribution in [2.45, 2.75) is 25.8 Å². The van der Waals surface area contributed by atoms with Gasteiger partial charge in [0, 0.05) is 23.4 Å². The van der Waals surface area contributed by atoms with E-state index in [0.29, 0.717) is 17.8 Å². The van der Waals surface area contributed by atoms with Crippen LogP contribution >= 0.6 is 0 Å². The summed E-state index contributed by atoms with van der Waals surface area (Å²) in [5, 5.41) is 5.68. The number of nitrogens with one attached hydrogen (secondary N) is 2. The topological polar surface area (TPSA) is 58.2 Å². The monoisotopic (exact) mass is 388 g/mol. The van der Waals surface area contributed by atoms with Crippen LogP contribution in [0, 0.1) is 5.82 Å². The molecule has 5 heteroatoms. The van der Waals surface area contributed by atoms with Gasteiger partial charge >= 0.3 is 0 Å². The van der Waals surface area contributed by atoms with Gasteiger partial charge in [-0.2, -0.15) is 0 Å². The Balaban J connectivity index is 1.38. The highest BCUT2D eigenvalue weighted by Crippen LogP contribution is 2.23. The van der Waals surface area contributed by atoms with E-state index in [9.17, 15) is 14.0 Å². The minimum absolute atomic E-state index is 0.117. The number of aryl methyl sites for hydroxylation is 2. The van der Waals surface area contributed by atoms with Crippen LogP contribution < -0.4 is 10.6 Å². The quantitative estimate of drug-likeness (QED) is 0.676. The van der Waals surface area contributed by atoms with Gasteiger partial charge in [0.25, 0.3) is 11.8 Å². The van der Waals surface area contributed by atoms with Gasteiger partial charge in [-0.15, -0.1) is 0 Å². The van der Waals surface area contributed by atoms with Crippen molar-refractivity contribution in [2.75, 3.05) is 5.32 Å². The first kappa shape index (κ1) is 18.9. The number of fused-ring (bicyclic) bond motifs is 1. The van der Waals surface area contributed by atoms with Crippen LogP contribution in [0.25, 0.3) is 0 Å². The molecular weight excluding hydrogens is 367 g/mol. The number of hydrogen-bond acceptors (Lipinski definition) is 2. The number of anilines is 1. The SMILES string of the molecule is O=C(NCc1cccc(NC(=O)c2cccc(F)c2)c1)c1ccc2c(c1)CCC2. The molecule has 146 valence electrons. The Bertz CT molecular complexity index is 1080. The Morgan fingerprint density at radius 1 is 0.828 bits per heavy atom. The summed E-state index contributed by atoms with van der Waals surface area (Å²) >= 11 is 0. The highest BCUT2D eigenvalue weighted by molar-refractivity contribution is 6.04. The molecule has 0 fully saturated rings. The van der Waals surface area contributed by atoms with Gasteiger partial charge in [0.15, 0.2) is 0 Å². The molecule has 2 N–H and O–H groups in total. The van der Waals surface area contributed by atoms with Crippen LogP contribution in [0.4, 0.5) is 10.1 Å². The smallest absolute Gasteiger partial charge is 0.255 e. The van der Waals surface area contributed by atoms with E-state index in [1.165, 1.54) is 29.3 Å². The number of carbonyl (C=O) groups is 2. The number of hydrogen-bond donors (Lipinski definition) is 2. The molecule has 0 aliphatic heterocycles. The molecular formula is C24H21FN2O2. The van der Waals surface area contributed by atoms with E-state index < -0.39 is 5.82 Å². The van der Waals surface area contributed by atoms with Crippen LogP contribution in [0.5, 0.6) is 0 Å². The van der Waals surface area contributed by atoms with Gasteiger partial charge in [0.05, 0.1) is 0 Å². The van der Waals surface area contributed by atoms with Crippen molar-refractivity contribution in [3.8, 4) is 0 Å². The normalized spacial score (nSPS) is 12.3. The molecule has 2 amide bonds. The minimum Gasteiger partial charge on any atom is -0.348 e. The van der Waals surface area contributed by atoms with Crippen molar-refractivity contribution >= 4 is 17.5 Å². The van der Waals surface area contributed by atoms with E-state index in [-0.39, 0.29) is 17.4 Å². The van der Waals surface area contributed by atoms with Crippen LogP contribution in [0.3, 0.4) is 0 Å². The Labute approximate surface area is 168 Å². The van der Waals surface area contributed by atoms with Crippen LogP contribution in [0.2, 0.25) is 0 Å². The number of benzene rings is 3. The molecule has 4 rings (SSSR count). The number of carbonyl (C=O) groups excluding carboxylic acids is 2. The van der Waals surface area contributed by atoms with E-state index in [1.54, 1.807) is 24.3 Å². The summed E-state index contributed by atoms with van der Waals surface area (Å²) in [4.78, 5) is 24.8. The molecule has 3 aromatic rings. The fourth-order valence-electron chi connectivity index (χ4n) is 3.59. The second-order valence-electron chi connectivity index (χ2n) is 7.18. The van der Waals surface area contributed by atoms with Crippen LogP contribution in [0.1, 0.15) is 43.8 Å². The Morgan fingerprint density at radius 2 is 1.62 bits per heavy atom. The van der Waals surface area contributed by atoms with E-state index in [1.807, 2.05) is 24.3 Å². The highest BCUT2D eigenvalue weighted by Gasteiger charge is 2.14. The number of halogens is 1. The van der Waals surface area contributed by atoms with Gasteiger partial charge in [0.1, 0.15) is 5.82 Å². The molecule has 0 bridgehead atoms. The average Bonchev–Trinajstić information content (AvgIpc) is 3.20. The second-order valence-corrected chi connectivity index (χ2v) is 7.18. The van der Waals surface area contributed by atoms with Gasteiger partial charge in [-0.25, -0.2) is 4.39 Å². The zero-order valence-corrected chi connectivity index (χ0v) is 15.9. The van der Waals surface area contributed by atoms with Gasteiger partial charge < -0.3 is 10.6 Å². The third-order valence-corrected chi connectivity index (χ3v) is 5.09. The van der Waals surface area contributed by atoms with Crippen molar-refractivity contribution in [2.24, 2.45) is 0 Å². The van der Waals surface area contributed by atoms with Crippen molar-refractivity contribution < 1.29 is 14.0 Å². The van der Waals surface area contributed by atoms with Crippen LogP contribution in [-0.2, 0) is 19.4 Å². The zero-order valence-electron chi connectivity index (χ0n) is 15.9. The molecule has 0 heterocycles. The lowest BCUT2D eigenvalue weighted by Crippen LogP contribution is -2.23. The maximum Gasteiger partial charge on any atom is 0.255 e. The number of amides is 2. The maximum absolute atomic E-state index is 13.3. The Morgan fingerprint density at radius 3 is 2.48 bits per heavy atom. The van der Waals surface area contributed by atoms with Gasteiger partial charge in [-0.05, 0) is 78.4 Å². The summed E-state index contributed by atoms with van der Waals surface area (Å²) in [6, 6.07) is 18.6. The molecule has 0 unspecified atom stereocenters. The van der Waals surface area contributed by atoms with Crippen molar-refractivity contribution in [1.29, 1.82) is 0 Å². The summed E-state index contributed by atoms with van der Waals surface area (Å²) in [6.07, 6.45) is 3.27. The highest BCUT2D eigenvalue weighted by atomic mass is 19.1. The van der Waals surface area contributed by atoms with E-state index >= 15 is 0 Å². The van der Waals surface area contributed by atoms with Crippen molar-refractivity contribution in [3.05, 3.63) is 100 Å². The van der Waals surface area contributed by atoms with Gasteiger partial charge in [-0.1, -0.05) is 24.3 Å². The summed E-state index contributed by atoms with van der Waals surface area (Å²) in [7, 11) is 0. The molecule has 29 heavy (non-hydrogen) atoms. The van der Waals surface area contributed by atoms with Gasteiger partial charge in [0.2, 0.25) is 0 Å². The standard InChI is InChI=1S/C24H21FN2O2/c25-21-8-3-7-19(14-21)24(29)27-22-9-1-4-16(12-22)15-26-23(28)20-11-10-17-5-2-6-18(17)13-20/h1,3-4,7-14H,2,5-6,15H2,(H,26,28)(H,27,29). The summed E-state index contributed by atoms with van der Waals surface area (Å²) in [6.45, 7) is 0.347. The zero-order chi connectivity index (χ0) is 20.2. The maximum atomic E-state index is 13.3. The van der Waals surface area contributed by atoms with E-state index in [0.717, 1.165) is 24.8 Å². The molecule has 0 radical (unpaired) electrons. The largest absolute Gasteiger partial charge is 0.348 e. The first-order valence-electron chi connectivity index (χ1n) is 9.64. The molecule has 0 saturated heterocycles. The van der Waals surface area contributed by atoms with Crippen molar-refractivity contribution in [3.63, 3.8) is 0 Å². The summed E-state index contributed by atoms with van der Waals surface area (Å²) in [5.74, 6) is -0.960. The first-order valence-corrected chi connectivity index (χ1v) is 9.64.